The number of hydrogen-bond acceptors (Lipinski definition) is 4. The lowest BCUT2D eigenvalue weighted by molar-refractivity contribution is 1.48. The maximum Gasteiger partial charge on any atom is 0.0991 e. The molecule has 0 aromatic heterocycles. The Hall–Kier alpha value is -0.760. The fraction of sp³-hybridized carbons (Fsp3) is 0.154. The summed E-state index contributed by atoms with van der Waals surface area (Å²) in [5.74, 6) is 0. The van der Waals surface area contributed by atoms with Gasteiger partial charge in [-0.3, -0.25) is 0 Å². The molecule has 1 aliphatic rings. The van der Waals surface area contributed by atoms with Gasteiger partial charge < -0.3 is 0 Å². The number of nitrogens with zero attached hydrogens (tertiary/aromatic N) is 1. The van der Waals surface area contributed by atoms with Crippen LogP contribution in [-0.4, -0.2) is 6.26 Å². The van der Waals surface area contributed by atoms with Crippen LogP contribution in [0.3, 0.4) is 0 Å². The third kappa shape index (κ3) is 3.12. The molecule has 86 valence electrons. The first kappa shape index (κ1) is 12.7. The van der Waals surface area contributed by atoms with E-state index in [9.17, 15) is 0 Å². The molecule has 0 spiro atoms. The van der Waals surface area contributed by atoms with Crippen molar-refractivity contribution in [2.45, 2.75) is 6.92 Å². The molecule has 4 heteroatoms. The van der Waals surface area contributed by atoms with Crippen LogP contribution >= 0.6 is 35.3 Å². The molecule has 2 rings (SSSR count). The smallest absolute Gasteiger partial charge is 0.0991 e. The van der Waals surface area contributed by atoms with Gasteiger partial charge in [-0.2, -0.15) is 5.26 Å². The lowest BCUT2D eigenvalue weighted by Crippen LogP contribution is -1.75. The molecule has 17 heavy (non-hydrogen) atoms. The first-order valence-electron chi connectivity index (χ1n) is 5.05. The van der Waals surface area contributed by atoms with Crippen molar-refractivity contribution < 1.29 is 0 Å². The molecule has 0 aliphatic carbocycles. The highest BCUT2D eigenvalue weighted by molar-refractivity contribution is 8.35. The van der Waals surface area contributed by atoms with Crippen LogP contribution in [0.4, 0.5) is 0 Å². The molecule has 0 unspecified atom stereocenters. The van der Waals surface area contributed by atoms with E-state index in [-0.39, 0.29) is 0 Å². The Morgan fingerprint density at radius 2 is 1.94 bits per heavy atom. The number of allylic oxidation sites excluding steroid dienone is 1. The highest BCUT2D eigenvalue weighted by atomic mass is 32.2. The molecule has 1 aliphatic heterocycles. The van der Waals surface area contributed by atoms with Crippen LogP contribution in [0.5, 0.6) is 0 Å². The molecule has 0 saturated carbocycles. The summed E-state index contributed by atoms with van der Waals surface area (Å²) >= 11 is 5.44. The quantitative estimate of drug-likeness (QED) is 0.768. The van der Waals surface area contributed by atoms with E-state index < -0.39 is 0 Å². The lowest BCUT2D eigenvalue weighted by atomic mass is 10.1. The maximum absolute atomic E-state index is 8.73. The summed E-state index contributed by atoms with van der Waals surface area (Å²) in [7, 11) is 0. The van der Waals surface area contributed by atoms with Crippen LogP contribution < -0.4 is 0 Å². The molecule has 1 heterocycles. The zero-order valence-corrected chi connectivity index (χ0v) is 12.0. The van der Waals surface area contributed by atoms with E-state index in [1.54, 1.807) is 11.8 Å². The predicted molar refractivity (Wildman–Crippen MR) is 80.5 cm³/mol. The van der Waals surface area contributed by atoms with E-state index in [0.717, 1.165) is 5.56 Å². The van der Waals surface area contributed by atoms with Crippen LogP contribution in [0.1, 0.15) is 18.1 Å². The Morgan fingerprint density at radius 3 is 2.47 bits per heavy atom. The second-order valence-electron chi connectivity index (χ2n) is 3.45. The topological polar surface area (TPSA) is 23.8 Å². The molecular weight excluding hydrogens is 266 g/mol. The van der Waals surface area contributed by atoms with Crippen LogP contribution in [0, 0.1) is 11.3 Å². The summed E-state index contributed by atoms with van der Waals surface area (Å²) in [6.07, 6.45) is 4.28. The minimum atomic E-state index is 0.706. The predicted octanol–water partition coefficient (Wildman–Crippen LogP) is 4.89. The Kier molecular flexibility index (Phi) is 4.27. The molecule has 0 saturated heterocycles. The van der Waals surface area contributed by atoms with Gasteiger partial charge in [0.2, 0.25) is 0 Å². The van der Waals surface area contributed by atoms with E-state index in [1.807, 2.05) is 47.8 Å². The molecule has 0 bridgehead atoms. The van der Waals surface area contributed by atoms with E-state index in [0.29, 0.717) is 5.56 Å². The second kappa shape index (κ2) is 5.72. The number of nitriles is 1. The highest BCUT2D eigenvalue weighted by Crippen LogP contribution is 2.53. The summed E-state index contributed by atoms with van der Waals surface area (Å²) in [6.45, 7) is 2.16. The van der Waals surface area contributed by atoms with Gasteiger partial charge in [0, 0.05) is 4.91 Å². The fourth-order valence-electron chi connectivity index (χ4n) is 1.41. The van der Waals surface area contributed by atoms with Gasteiger partial charge in [0.15, 0.2) is 0 Å². The molecule has 0 N–H and O–H groups in total. The van der Waals surface area contributed by atoms with Crippen molar-refractivity contribution in [1.82, 2.24) is 0 Å². The largest absolute Gasteiger partial charge is 0.192 e. The monoisotopic (exact) mass is 277 g/mol. The zero-order valence-electron chi connectivity index (χ0n) is 9.56. The Morgan fingerprint density at radius 1 is 1.24 bits per heavy atom. The van der Waals surface area contributed by atoms with E-state index in [2.05, 4.69) is 25.3 Å². The van der Waals surface area contributed by atoms with Crippen LogP contribution in [0.15, 0.2) is 37.6 Å². The molecule has 0 atom stereocenters. The van der Waals surface area contributed by atoms with Crippen molar-refractivity contribution in [3.05, 3.63) is 48.8 Å². The minimum absolute atomic E-state index is 0.706. The number of thioether (sulfide) groups is 3. The SMILES string of the molecule is CSC1=C(C)S/C(=C/c2ccc(C#N)cc2)S1. The first-order valence-corrected chi connectivity index (χ1v) is 7.91. The summed E-state index contributed by atoms with van der Waals surface area (Å²) in [6, 6.07) is 9.81. The van der Waals surface area contributed by atoms with Gasteiger partial charge in [-0.15, -0.1) is 11.8 Å². The minimum Gasteiger partial charge on any atom is -0.192 e. The Balaban J connectivity index is 2.14. The van der Waals surface area contributed by atoms with Crippen LogP contribution in [0.25, 0.3) is 6.08 Å². The fourth-order valence-corrected chi connectivity index (χ4v) is 4.98. The van der Waals surface area contributed by atoms with Gasteiger partial charge in [0.25, 0.3) is 0 Å². The average Bonchev–Trinajstić information content (AvgIpc) is 2.70. The third-order valence-corrected chi connectivity index (χ3v) is 6.07. The molecule has 1 aromatic rings. The van der Waals surface area contributed by atoms with E-state index in [1.165, 1.54) is 13.4 Å². The zero-order chi connectivity index (χ0) is 12.3. The highest BCUT2D eigenvalue weighted by Gasteiger charge is 2.16. The summed E-state index contributed by atoms with van der Waals surface area (Å²) in [4.78, 5) is 1.38. The van der Waals surface area contributed by atoms with E-state index >= 15 is 0 Å². The first-order chi connectivity index (χ1) is 8.22. The summed E-state index contributed by atoms with van der Waals surface area (Å²) in [5, 5.41) is 8.73. The van der Waals surface area contributed by atoms with Crippen molar-refractivity contribution >= 4 is 41.4 Å². The normalized spacial score (nSPS) is 17.6. The number of benzene rings is 1. The number of rotatable bonds is 2. The molecule has 0 radical (unpaired) electrons. The lowest BCUT2D eigenvalue weighted by Gasteiger charge is -1.97. The third-order valence-electron chi connectivity index (χ3n) is 2.24. The van der Waals surface area contributed by atoms with Gasteiger partial charge in [0.1, 0.15) is 0 Å². The van der Waals surface area contributed by atoms with Gasteiger partial charge in [-0.25, -0.2) is 0 Å². The van der Waals surface area contributed by atoms with Gasteiger partial charge in [-0.1, -0.05) is 35.7 Å². The van der Waals surface area contributed by atoms with Crippen molar-refractivity contribution in [3.63, 3.8) is 0 Å². The Labute approximate surface area is 114 Å². The van der Waals surface area contributed by atoms with Crippen molar-refractivity contribution in [2.24, 2.45) is 0 Å². The summed E-state index contributed by atoms with van der Waals surface area (Å²) in [5.41, 5.74) is 1.85. The van der Waals surface area contributed by atoms with Crippen LogP contribution in [0.2, 0.25) is 0 Å². The van der Waals surface area contributed by atoms with Crippen molar-refractivity contribution in [3.8, 4) is 6.07 Å². The van der Waals surface area contributed by atoms with E-state index in [4.69, 9.17) is 5.26 Å². The second-order valence-corrected chi connectivity index (χ2v) is 7.09. The summed E-state index contributed by atoms with van der Waals surface area (Å²) < 4.78 is 2.69. The van der Waals surface area contributed by atoms with Gasteiger partial charge >= 0.3 is 0 Å². The maximum atomic E-state index is 8.73. The van der Waals surface area contributed by atoms with Crippen molar-refractivity contribution in [2.75, 3.05) is 6.26 Å². The molecular formula is C13H11NS3. The Bertz CT molecular complexity index is 521. The molecule has 0 fully saturated rings. The number of hydrogen-bond donors (Lipinski definition) is 0. The van der Waals surface area contributed by atoms with Crippen molar-refractivity contribution in [1.29, 1.82) is 5.26 Å². The standard InChI is InChI=1S/C13H11NS3/c1-9-13(15-2)17-12(16-9)7-10-3-5-11(8-14)6-4-10/h3-7H,1-2H3/b12-7-. The molecule has 1 nitrogen and oxygen atoms in total. The average molecular weight is 277 g/mol. The molecule has 0 amide bonds. The molecule has 1 aromatic carbocycles. The van der Waals surface area contributed by atoms with Gasteiger partial charge in [0.05, 0.1) is 20.1 Å². The van der Waals surface area contributed by atoms with Gasteiger partial charge in [-0.05, 0) is 37.0 Å². The van der Waals surface area contributed by atoms with Crippen LogP contribution in [-0.2, 0) is 0 Å².